The molecule has 0 fully saturated rings. The molecule has 0 aliphatic carbocycles. The van der Waals surface area contributed by atoms with Crippen LogP contribution in [0.1, 0.15) is 5.56 Å². The van der Waals surface area contributed by atoms with Crippen LogP contribution in [-0.4, -0.2) is 31.5 Å². The molecule has 25 heavy (non-hydrogen) atoms. The van der Waals surface area contributed by atoms with Gasteiger partial charge in [0.25, 0.3) is 0 Å². The lowest BCUT2D eigenvalue weighted by molar-refractivity contribution is -0.00664. The lowest BCUT2D eigenvalue weighted by Crippen LogP contribution is -2.28. The van der Waals surface area contributed by atoms with Crippen molar-refractivity contribution in [3.63, 3.8) is 0 Å². The molecule has 8 heteroatoms. The normalized spacial score (nSPS) is 12.3. The highest BCUT2D eigenvalue weighted by Gasteiger charge is 2.22. The van der Waals surface area contributed by atoms with Gasteiger partial charge >= 0.3 is 0 Å². The van der Waals surface area contributed by atoms with E-state index >= 15 is 0 Å². The minimum absolute atomic E-state index is 0.0526. The number of hydrogen-bond donors (Lipinski definition) is 1. The Bertz CT molecular complexity index is 748. The van der Waals surface area contributed by atoms with Crippen LogP contribution in [0.15, 0.2) is 30.3 Å². The first-order chi connectivity index (χ1) is 11.8. The van der Waals surface area contributed by atoms with Gasteiger partial charge in [0, 0.05) is 10.7 Å². The predicted molar refractivity (Wildman–Crippen MR) is 101 cm³/mol. The molecule has 0 spiro atoms. The number of anilines is 2. The number of nitrogens with zero attached hydrogens (tertiary/aromatic N) is 1. The van der Waals surface area contributed by atoms with Crippen molar-refractivity contribution in [2.24, 2.45) is 0 Å². The Labute approximate surface area is 163 Å². The summed E-state index contributed by atoms with van der Waals surface area (Å²) in [6.07, 6.45) is -0.920. The SMILES string of the molecule is COCC(O)CON(c1ccc(I)cc1C)c1ccc(Cl)c(F)c1F. The lowest BCUT2D eigenvalue weighted by Gasteiger charge is -2.27. The van der Waals surface area contributed by atoms with Crippen molar-refractivity contribution in [3.8, 4) is 0 Å². The fourth-order valence-electron chi connectivity index (χ4n) is 2.19. The van der Waals surface area contributed by atoms with E-state index in [9.17, 15) is 13.9 Å². The van der Waals surface area contributed by atoms with Crippen LogP contribution in [0.2, 0.25) is 5.02 Å². The van der Waals surface area contributed by atoms with E-state index in [4.69, 9.17) is 21.2 Å². The Balaban J connectivity index is 2.43. The van der Waals surface area contributed by atoms with Crippen molar-refractivity contribution in [2.45, 2.75) is 13.0 Å². The summed E-state index contributed by atoms with van der Waals surface area (Å²) < 4.78 is 34.1. The number of hydrogen-bond acceptors (Lipinski definition) is 4. The van der Waals surface area contributed by atoms with Gasteiger partial charge in [0.2, 0.25) is 0 Å². The highest BCUT2D eigenvalue weighted by Crippen LogP contribution is 2.34. The van der Waals surface area contributed by atoms with E-state index in [1.54, 1.807) is 6.07 Å². The molecule has 0 heterocycles. The van der Waals surface area contributed by atoms with Crippen LogP contribution < -0.4 is 5.06 Å². The molecule has 0 saturated heterocycles. The molecule has 0 aliphatic rings. The number of benzene rings is 2. The molecule has 2 aromatic carbocycles. The number of aryl methyl sites for hydroxylation is 1. The van der Waals surface area contributed by atoms with E-state index in [1.807, 2.05) is 19.1 Å². The van der Waals surface area contributed by atoms with Crippen LogP contribution in [-0.2, 0) is 9.57 Å². The summed E-state index contributed by atoms with van der Waals surface area (Å²) in [6.45, 7) is 1.71. The van der Waals surface area contributed by atoms with Crippen molar-refractivity contribution in [2.75, 3.05) is 25.4 Å². The summed E-state index contributed by atoms with van der Waals surface area (Å²) in [4.78, 5) is 5.58. The number of ether oxygens (including phenoxy) is 1. The molecule has 1 unspecified atom stereocenters. The number of methoxy groups -OCH3 is 1. The van der Waals surface area contributed by atoms with Crippen molar-refractivity contribution in [3.05, 3.63) is 56.1 Å². The smallest absolute Gasteiger partial charge is 0.186 e. The topological polar surface area (TPSA) is 41.9 Å². The third kappa shape index (κ3) is 5.01. The molecule has 2 aromatic rings. The van der Waals surface area contributed by atoms with Gasteiger partial charge in [0.05, 0.1) is 17.3 Å². The maximum absolute atomic E-state index is 14.4. The van der Waals surface area contributed by atoms with Crippen molar-refractivity contribution >= 4 is 45.6 Å². The van der Waals surface area contributed by atoms with E-state index in [0.717, 1.165) is 14.2 Å². The van der Waals surface area contributed by atoms with Gasteiger partial charge < -0.3 is 9.84 Å². The van der Waals surface area contributed by atoms with Gasteiger partial charge in [-0.25, -0.2) is 13.8 Å². The molecule has 1 N–H and O–H groups in total. The summed E-state index contributed by atoms with van der Waals surface area (Å²) in [6, 6.07) is 7.99. The quantitative estimate of drug-likeness (QED) is 0.355. The Hall–Kier alpha value is -1.00. The molecule has 4 nitrogen and oxygen atoms in total. The van der Waals surface area contributed by atoms with E-state index in [2.05, 4.69) is 22.6 Å². The Morgan fingerprint density at radius 1 is 1.16 bits per heavy atom. The highest BCUT2D eigenvalue weighted by atomic mass is 127. The Kier molecular flexibility index (Phi) is 7.38. The third-order valence-electron chi connectivity index (χ3n) is 3.37. The van der Waals surface area contributed by atoms with E-state index < -0.39 is 17.7 Å². The van der Waals surface area contributed by atoms with Gasteiger partial charge in [-0.1, -0.05) is 11.6 Å². The van der Waals surface area contributed by atoms with Crippen LogP contribution in [0.5, 0.6) is 0 Å². The second-order valence-electron chi connectivity index (χ2n) is 5.32. The first-order valence-corrected chi connectivity index (χ1v) is 8.80. The molecule has 0 bridgehead atoms. The number of halogens is 4. The zero-order valence-corrected chi connectivity index (χ0v) is 16.5. The van der Waals surface area contributed by atoms with Crippen molar-refractivity contribution in [1.82, 2.24) is 0 Å². The molecule has 0 amide bonds. The van der Waals surface area contributed by atoms with Gasteiger partial charge in [-0.3, -0.25) is 4.84 Å². The van der Waals surface area contributed by atoms with Crippen molar-refractivity contribution in [1.29, 1.82) is 0 Å². The summed E-state index contributed by atoms with van der Waals surface area (Å²) in [7, 11) is 1.44. The molecule has 0 aromatic heterocycles. The molecule has 0 radical (unpaired) electrons. The number of aliphatic hydroxyl groups excluding tert-OH is 1. The summed E-state index contributed by atoms with van der Waals surface area (Å²) >= 11 is 7.78. The third-order valence-corrected chi connectivity index (χ3v) is 4.33. The van der Waals surface area contributed by atoms with Crippen LogP contribution in [0.4, 0.5) is 20.2 Å². The maximum Gasteiger partial charge on any atom is 0.186 e. The van der Waals surface area contributed by atoms with Crippen LogP contribution in [0.3, 0.4) is 0 Å². The summed E-state index contributed by atoms with van der Waals surface area (Å²) in [5.41, 5.74) is 1.17. The molecular formula is C17H17ClF2INO3. The average molecular weight is 484 g/mol. The zero-order chi connectivity index (χ0) is 18.6. The molecular weight excluding hydrogens is 467 g/mol. The largest absolute Gasteiger partial charge is 0.388 e. The summed E-state index contributed by atoms with van der Waals surface area (Å²) in [5, 5.41) is 10.6. The molecule has 136 valence electrons. The monoisotopic (exact) mass is 483 g/mol. The molecule has 0 aliphatic heterocycles. The number of rotatable bonds is 7. The lowest BCUT2D eigenvalue weighted by atomic mass is 10.2. The molecule has 1 atom stereocenters. The first-order valence-electron chi connectivity index (χ1n) is 7.34. The fourth-order valence-corrected chi connectivity index (χ4v) is 2.98. The fraction of sp³-hybridized carbons (Fsp3) is 0.294. The maximum atomic E-state index is 14.4. The van der Waals surface area contributed by atoms with Gasteiger partial charge in [-0.2, -0.15) is 0 Å². The first kappa shape index (κ1) is 20.3. The summed E-state index contributed by atoms with van der Waals surface area (Å²) in [5.74, 6) is -2.29. The Morgan fingerprint density at radius 2 is 1.84 bits per heavy atom. The van der Waals surface area contributed by atoms with E-state index in [-0.39, 0.29) is 23.9 Å². The average Bonchev–Trinajstić information content (AvgIpc) is 2.56. The standard InChI is InChI=1S/C17H17ClF2INO3/c1-10-7-11(21)3-5-14(10)22(25-9-12(23)8-24-2)15-6-4-13(18)16(19)17(15)20/h3-7,12,23H,8-9H2,1-2H3. The highest BCUT2D eigenvalue weighted by molar-refractivity contribution is 14.1. The van der Waals surface area contributed by atoms with Crippen LogP contribution >= 0.6 is 34.2 Å². The van der Waals surface area contributed by atoms with E-state index in [0.29, 0.717) is 5.69 Å². The van der Waals surface area contributed by atoms with Gasteiger partial charge in [-0.05, 0) is 65.4 Å². The molecule has 0 saturated carbocycles. The predicted octanol–water partition coefficient (Wildman–Crippen LogP) is 4.61. The minimum Gasteiger partial charge on any atom is -0.388 e. The van der Waals surface area contributed by atoms with Gasteiger partial charge in [0.15, 0.2) is 11.6 Å². The van der Waals surface area contributed by atoms with E-state index in [1.165, 1.54) is 19.2 Å². The second kappa shape index (κ2) is 9.09. The van der Waals surface area contributed by atoms with Gasteiger partial charge in [0.1, 0.15) is 18.4 Å². The Morgan fingerprint density at radius 3 is 2.48 bits per heavy atom. The van der Waals surface area contributed by atoms with Gasteiger partial charge in [-0.15, -0.1) is 0 Å². The second-order valence-corrected chi connectivity index (χ2v) is 6.98. The van der Waals surface area contributed by atoms with Crippen LogP contribution in [0, 0.1) is 22.1 Å². The number of aliphatic hydroxyl groups is 1. The zero-order valence-electron chi connectivity index (χ0n) is 13.6. The van der Waals surface area contributed by atoms with Crippen LogP contribution in [0.25, 0.3) is 0 Å². The van der Waals surface area contributed by atoms with Crippen molar-refractivity contribution < 1.29 is 23.5 Å². The molecule has 2 rings (SSSR count). The minimum atomic E-state index is -1.16.